The van der Waals surface area contributed by atoms with Crippen molar-refractivity contribution in [3.8, 4) is 0 Å². The molecule has 0 unspecified atom stereocenters. The van der Waals surface area contributed by atoms with E-state index in [1.807, 2.05) is 6.20 Å². The van der Waals surface area contributed by atoms with Crippen molar-refractivity contribution in [3.63, 3.8) is 0 Å². The molecular weight excluding hydrogens is 126 g/mol. The summed E-state index contributed by atoms with van der Waals surface area (Å²) in [5.74, 6) is 0. The Labute approximate surface area is 61.3 Å². The van der Waals surface area contributed by atoms with E-state index in [0.717, 1.165) is 6.41 Å². The van der Waals surface area contributed by atoms with Crippen LogP contribution in [0, 0.1) is 0 Å². The summed E-state index contributed by atoms with van der Waals surface area (Å²) in [7, 11) is 0. The second-order valence-corrected chi connectivity index (χ2v) is 2.65. The standard InChI is InChI=1S/C8H13NO/c10-7-9-6-8-4-2-1-3-5-8/h6-7H,1-5H2,(H,9,10). The van der Waals surface area contributed by atoms with Crippen molar-refractivity contribution in [2.45, 2.75) is 32.1 Å². The molecular formula is C8H13NO. The number of carbonyl (C=O) groups is 1. The number of rotatable bonds is 2. The van der Waals surface area contributed by atoms with Crippen LogP contribution in [0.15, 0.2) is 11.8 Å². The van der Waals surface area contributed by atoms with Gasteiger partial charge in [0.25, 0.3) is 0 Å². The predicted octanol–water partition coefficient (Wildman–Crippen LogP) is 1.58. The maximum absolute atomic E-state index is 9.89. The highest BCUT2D eigenvalue weighted by molar-refractivity contribution is 5.48. The normalized spacial score (nSPS) is 18.2. The first kappa shape index (κ1) is 7.32. The number of hydrogen-bond donors (Lipinski definition) is 1. The fourth-order valence-electron chi connectivity index (χ4n) is 1.30. The van der Waals surface area contributed by atoms with Crippen molar-refractivity contribution in [1.29, 1.82) is 0 Å². The lowest BCUT2D eigenvalue weighted by atomic mass is 9.96. The van der Waals surface area contributed by atoms with Crippen LogP contribution in [0.4, 0.5) is 0 Å². The number of nitrogens with one attached hydrogen (secondary N) is 1. The summed E-state index contributed by atoms with van der Waals surface area (Å²) in [6, 6.07) is 0. The van der Waals surface area contributed by atoms with Gasteiger partial charge in [-0.25, -0.2) is 0 Å². The maximum Gasteiger partial charge on any atom is 0.211 e. The van der Waals surface area contributed by atoms with Crippen LogP contribution in [-0.4, -0.2) is 6.41 Å². The van der Waals surface area contributed by atoms with Gasteiger partial charge in [-0.2, -0.15) is 0 Å². The van der Waals surface area contributed by atoms with E-state index in [-0.39, 0.29) is 0 Å². The van der Waals surface area contributed by atoms with Crippen molar-refractivity contribution < 1.29 is 4.79 Å². The molecule has 0 aromatic rings. The van der Waals surface area contributed by atoms with E-state index in [1.165, 1.54) is 37.7 Å². The third-order valence-corrected chi connectivity index (χ3v) is 1.85. The van der Waals surface area contributed by atoms with Gasteiger partial charge in [0, 0.05) is 6.20 Å². The Morgan fingerprint density at radius 2 is 1.90 bits per heavy atom. The molecule has 0 radical (unpaired) electrons. The molecule has 0 atom stereocenters. The highest BCUT2D eigenvalue weighted by atomic mass is 16.1. The average Bonchev–Trinajstić information content (AvgIpc) is 2.03. The van der Waals surface area contributed by atoms with Gasteiger partial charge in [0.05, 0.1) is 0 Å². The van der Waals surface area contributed by atoms with Crippen LogP contribution >= 0.6 is 0 Å². The van der Waals surface area contributed by atoms with Gasteiger partial charge in [0.2, 0.25) is 6.41 Å². The fourth-order valence-corrected chi connectivity index (χ4v) is 1.30. The molecule has 0 aromatic heterocycles. The minimum absolute atomic E-state index is 0.724. The van der Waals surface area contributed by atoms with E-state index >= 15 is 0 Å². The topological polar surface area (TPSA) is 29.1 Å². The maximum atomic E-state index is 9.89. The number of hydrogen-bond acceptors (Lipinski definition) is 1. The average molecular weight is 139 g/mol. The number of carbonyl (C=O) groups excluding carboxylic acids is 1. The Kier molecular flexibility index (Phi) is 3.00. The zero-order chi connectivity index (χ0) is 7.23. The Bertz CT molecular complexity index is 132. The van der Waals surface area contributed by atoms with E-state index in [9.17, 15) is 4.79 Å². The molecule has 2 nitrogen and oxygen atoms in total. The molecule has 1 amide bonds. The van der Waals surface area contributed by atoms with E-state index in [4.69, 9.17) is 0 Å². The molecule has 56 valence electrons. The molecule has 1 rings (SSSR count). The molecule has 1 fully saturated rings. The Morgan fingerprint density at radius 3 is 2.50 bits per heavy atom. The first-order chi connectivity index (χ1) is 4.93. The van der Waals surface area contributed by atoms with Crippen LogP contribution in [0.1, 0.15) is 32.1 Å². The highest BCUT2D eigenvalue weighted by Gasteiger charge is 2.03. The molecule has 0 spiro atoms. The molecule has 1 saturated carbocycles. The number of allylic oxidation sites excluding steroid dienone is 1. The van der Waals surface area contributed by atoms with E-state index < -0.39 is 0 Å². The van der Waals surface area contributed by atoms with E-state index in [0.29, 0.717) is 0 Å². The predicted molar refractivity (Wildman–Crippen MR) is 40.4 cm³/mol. The van der Waals surface area contributed by atoms with Gasteiger partial charge in [-0.1, -0.05) is 12.0 Å². The molecule has 0 heterocycles. The third-order valence-electron chi connectivity index (χ3n) is 1.85. The zero-order valence-corrected chi connectivity index (χ0v) is 6.10. The van der Waals surface area contributed by atoms with Gasteiger partial charge >= 0.3 is 0 Å². The quantitative estimate of drug-likeness (QED) is 0.578. The molecule has 0 bridgehead atoms. The second-order valence-electron chi connectivity index (χ2n) is 2.65. The van der Waals surface area contributed by atoms with Gasteiger partial charge < -0.3 is 5.32 Å². The summed E-state index contributed by atoms with van der Waals surface area (Å²) in [6.45, 7) is 0. The lowest BCUT2D eigenvalue weighted by Crippen LogP contribution is -2.03. The smallest absolute Gasteiger partial charge is 0.211 e. The summed E-state index contributed by atoms with van der Waals surface area (Å²) in [5.41, 5.74) is 1.39. The molecule has 0 aromatic carbocycles. The first-order valence-corrected chi connectivity index (χ1v) is 3.81. The SMILES string of the molecule is O=CNC=C1CCCCC1. The minimum atomic E-state index is 0.724. The monoisotopic (exact) mass is 139 g/mol. The minimum Gasteiger partial charge on any atom is -0.335 e. The van der Waals surface area contributed by atoms with E-state index in [2.05, 4.69) is 5.32 Å². The highest BCUT2D eigenvalue weighted by Crippen LogP contribution is 2.21. The lowest BCUT2D eigenvalue weighted by molar-refractivity contribution is -0.108. The molecule has 2 heteroatoms. The molecule has 1 N–H and O–H groups in total. The molecule has 1 aliphatic carbocycles. The Hall–Kier alpha value is -0.790. The van der Waals surface area contributed by atoms with Gasteiger partial charge in [0.1, 0.15) is 0 Å². The Morgan fingerprint density at radius 1 is 1.20 bits per heavy atom. The van der Waals surface area contributed by atoms with Crippen LogP contribution in [0.5, 0.6) is 0 Å². The summed E-state index contributed by atoms with van der Waals surface area (Å²) in [4.78, 5) is 9.89. The molecule has 0 aliphatic heterocycles. The lowest BCUT2D eigenvalue weighted by Gasteiger charge is -2.12. The van der Waals surface area contributed by atoms with Crippen molar-refractivity contribution in [2.24, 2.45) is 0 Å². The molecule has 0 saturated heterocycles. The van der Waals surface area contributed by atoms with Crippen LogP contribution < -0.4 is 5.32 Å². The molecule has 10 heavy (non-hydrogen) atoms. The van der Waals surface area contributed by atoms with Crippen molar-refractivity contribution in [2.75, 3.05) is 0 Å². The van der Waals surface area contributed by atoms with Crippen molar-refractivity contribution in [1.82, 2.24) is 5.32 Å². The largest absolute Gasteiger partial charge is 0.335 e. The van der Waals surface area contributed by atoms with Crippen molar-refractivity contribution >= 4 is 6.41 Å². The van der Waals surface area contributed by atoms with Gasteiger partial charge in [-0.05, 0) is 25.7 Å². The summed E-state index contributed by atoms with van der Waals surface area (Å²) in [6.07, 6.45) is 8.81. The Balaban J connectivity index is 2.30. The van der Waals surface area contributed by atoms with Crippen LogP contribution in [0.3, 0.4) is 0 Å². The van der Waals surface area contributed by atoms with Gasteiger partial charge in [-0.15, -0.1) is 0 Å². The van der Waals surface area contributed by atoms with Crippen LogP contribution in [-0.2, 0) is 4.79 Å². The molecule has 1 aliphatic rings. The third kappa shape index (κ3) is 2.21. The first-order valence-electron chi connectivity index (χ1n) is 3.81. The fraction of sp³-hybridized carbons (Fsp3) is 0.625. The van der Waals surface area contributed by atoms with Crippen LogP contribution in [0.25, 0.3) is 0 Å². The summed E-state index contributed by atoms with van der Waals surface area (Å²) < 4.78 is 0. The van der Waals surface area contributed by atoms with Gasteiger partial charge in [0.15, 0.2) is 0 Å². The summed E-state index contributed by atoms with van der Waals surface area (Å²) >= 11 is 0. The van der Waals surface area contributed by atoms with E-state index in [1.54, 1.807) is 0 Å². The zero-order valence-electron chi connectivity index (χ0n) is 6.10. The number of amides is 1. The summed E-state index contributed by atoms with van der Waals surface area (Å²) in [5, 5.41) is 2.58. The van der Waals surface area contributed by atoms with Crippen molar-refractivity contribution in [3.05, 3.63) is 11.8 Å². The van der Waals surface area contributed by atoms with Crippen LogP contribution in [0.2, 0.25) is 0 Å². The second kappa shape index (κ2) is 4.09. The van der Waals surface area contributed by atoms with Gasteiger partial charge in [-0.3, -0.25) is 4.79 Å².